The quantitative estimate of drug-likeness (QED) is 0.707. The fraction of sp³-hybridized carbons (Fsp3) is 0. The molecule has 0 aliphatic carbocycles. The molecule has 1 aromatic heterocycles. The van der Waals surface area contributed by atoms with Gasteiger partial charge in [0.05, 0.1) is 0 Å². The van der Waals surface area contributed by atoms with E-state index in [0.717, 1.165) is 10.4 Å². The van der Waals surface area contributed by atoms with E-state index >= 15 is 0 Å². The summed E-state index contributed by atoms with van der Waals surface area (Å²) in [5.41, 5.74) is 1.16. The number of benzene rings is 1. The van der Waals surface area contributed by atoms with E-state index in [-0.39, 0.29) is 0 Å². The Morgan fingerprint density at radius 3 is 2.25 bits per heavy atom. The van der Waals surface area contributed by atoms with Crippen molar-refractivity contribution in [1.82, 2.24) is 0 Å². The Morgan fingerprint density at radius 2 is 1.67 bits per heavy atom. The van der Waals surface area contributed by atoms with Gasteiger partial charge in [-0.25, -0.2) is 0 Å². The van der Waals surface area contributed by atoms with Gasteiger partial charge in [-0.1, -0.05) is 41.7 Å². The van der Waals surface area contributed by atoms with Crippen molar-refractivity contribution in [1.29, 1.82) is 0 Å². The summed E-state index contributed by atoms with van der Waals surface area (Å²) in [6.07, 6.45) is 0. The molecule has 0 saturated carbocycles. The predicted octanol–water partition coefficient (Wildman–Crippen LogP) is 3.12. The Morgan fingerprint density at radius 1 is 0.917 bits per heavy atom. The van der Waals surface area contributed by atoms with Crippen LogP contribution in [0, 0.1) is 0 Å². The van der Waals surface area contributed by atoms with Crippen LogP contribution < -0.4 is 0 Å². The molecule has 0 aliphatic rings. The number of aromatic hydroxyl groups is 1. The summed E-state index contributed by atoms with van der Waals surface area (Å²) in [6.45, 7) is 0. The lowest BCUT2D eigenvalue weighted by atomic mass is 10.2. The third-order valence-corrected chi connectivity index (χ3v) is 2.59. The van der Waals surface area contributed by atoms with E-state index in [1.54, 1.807) is 6.07 Å². The summed E-state index contributed by atoms with van der Waals surface area (Å²) in [4.78, 5) is 1.10. The van der Waals surface area contributed by atoms with Crippen LogP contribution in [-0.4, -0.2) is 5.11 Å². The minimum atomic E-state index is 0.369. The lowest BCUT2D eigenvalue weighted by molar-refractivity contribution is 0.491. The number of hydrogen-bond acceptors (Lipinski definition) is 2. The maximum absolute atomic E-state index is 9.13. The molecule has 0 bridgehead atoms. The van der Waals surface area contributed by atoms with Gasteiger partial charge in [0.25, 0.3) is 0 Å². The van der Waals surface area contributed by atoms with Gasteiger partial charge in [0.1, 0.15) is 0 Å². The van der Waals surface area contributed by atoms with Crippen molar-refractivity contribution in [3.05, 3.63) is 42.5 Å². The van der Waals surface area contributed by atoms with Crippen LogP contribution in [0.1, 0.15) is 0 Å². The number of rotatable bonds is 1. The first kappa shape index (κ1) is 7.37. The summed E-state index contributed by atoms with van der Waals surface area (Å²) in [5.74, 6) is 0. The molecule has 0 aliphatic heterocycles. The monoisotopic (exact) mass is 176 g/mol. The maximum Gasteiger partial charge on any atom is 0.171 e. The van der Waals surface area contributed by atoms with E-state index in [4.69, 9.17) is 5.11 Å². The van der Waals surface area contributed by atoms with Gasteiger partial charge in [0.15, 0.2) is 5.06 Å². The molecule has 1 heterocycles. The van der Waals surface area contributed by atoms with Gasteiger partial charge in [0, 0.05) is 4.88 Å². The zero-order chi connectivity index (χ0) is 8.39. The Hall–Kier alpha value is -1.28. The maximum atomic E-state index is 9.13. The summed E-state index contributed by atoms with van der Waals surface area (Å²) in [5, 5.41) is 9.50. The molecule has 0 atom stereocenters. The first-order chi connectivity index (χ1) is 5.86. The van der Waals surface area contributed by atoms with Crippen molar-refractivity contribution in [2.24, 2.45) is 0 Å². The Bertz CT molecular complexity index is 364. The fourth-order valence-electron chi connectivity index (χ4n) is 1.09. The highest BCUT2D eigenvalue weighted by atomic mass is 32.1. The highest BCUT2D eigenvalue weighted by Crippen LogP contribution is 2.31. The second-order valence-corrected chi connectivity index (χ2v) is 3.57. The zero-order valence-corrected chi connectivity index (χ0v) is 7.21. The van der Waals surface area contributed by atoms with Gasteiger partial charge in [-0.15, -0.1) is 0 Å². The van der Waals surface area contributed by atoms with Crippen LogP contribution in [0.15, 0.2) is 42.5 Å². The topological polar surface area (TPSA) is 20.2 Å². The Kier molecular flexibility index (Phi) is 1.84. The molecule has 12 heavy (non-hydrogen) atoms. The largest absolute Gasteiger partial charge is 0.499 e. The lowest BCUT2D eigenvalue weighted by Crippen LogP contribution is -1.67. The summed E-state index contributed by atoms with van der Waals surface area (Å²) in [7, 11) is 0. The molecule has 2 rings (SSSR count). The molecular weight excluding hydrogens is 168 g/mol. The molecular formula is C10H8OS. The molecule has 0 fully saturated rings. The van der Waals surface area contributed by atoms with Gasteiger partial charge in [-0.2, -0.15) is 0 Å². The minimum Gasteiger partial charge on any atom is -0.499 e. The van der Waals surface area contributed by atoms with Crippen molar-refractivity contribution in [3.63, 3.8) is 0 Å². The summed E-state index contributed by atoms with van der Waals surface area (Å²) < 4.78 is 0. The standard InChI is InChI=1S/C10H8OS/c11-10-7-6-9(12-10)8-4-2-1-3-5-8/h1-7,11H. The fourth-order valence-corrected chi connectivity index (χ4v) is 1.84. The zero-order valence-electron chi connectivity index (χ0n) is 6.40. The lowest BCUT2D eigenvalue weighted by Gasteiger charge is -1.93. The predicted molar refractivity (Wildman–Crippen MR) is 51.4 cm³/mol. The van der Waals surface area contributed by atoms with Gasteiger partial charge >= 0.3 is 0 Å². The van der Waals surface area contributed by atoms with Crippen LogP contribution in [0.4, 0.5) is 0 Å². The second-order valence-electron chi connectivity index (χ2n) is 2.50. The normalized spacial score (nSPS) is 10.0. The number of hydrogen-bond donors (Lipinski definition) is 1. The van der Waals surface area contributed by atoms with Crippen molar-refractivity contribution in [2.45, 2.75) is 0 Å². The molecule has 0 spiro atoms. The van der Waals surface area contributed by atoms with Crippen LogP contribution in [0.2, 0.25) is 0 Å². The molecule has 1 N–H and O–H groups in total. The van der Waals surface area contributed by atoms with E-state index < -0.39 is 0 Å². The first-order valence-electron chi connectivity index (χ1n) is 3.70. The average Bonchev–Trinajstić information content (AvgIpc) is 2.54. The van der Waals surface area contributed by atoms with Crippen molar-refractivity contribution in [2.75, 3.05) is 0 Å². The third-order valence-electron chi connectivity index (χ3n) is 1.65. The van der Waals surface area contributed by atoms with Crippen LogP contribution in [0.3, 0.4) is 0 Å². The molecule has 0 amide bonds. The molecule has 0 radical (unpaired) electrons. The van der Waals surface area contributed by atoms with Crippen LogP contribution in [0.25, 0.3) is 10.4 Å². The number of thiophene rings is 1. The van der Waals surface area contributed by atoms with Crippen molar-refractivity contribution >= 4 is 11.3 Å². The highest BCUT2D eigenvalue weighted by molar-refractivity contribution is 7.17. The van der Waals surface area contributed by atoms with Crippen molar-refractivity contribution in [3.8, 4) is 15.5 Å². The molecule has 2 heteroatoms. The molecule has 0 unspecified atom stereocenters. The molecule has 0 saturated heterocycles. The van der Waals surface area contributed by atoms with Gasteiger partial charge in [-0.05, 0) is 17.7 Å². The van der Waals surface area contributed by atoms with Crippen LogP contribution in [0.5, 0.6) is 5.06 Å². The Labute approximate surface area is 74.9 Å². The van der Waals surface area contributed by atoms with Crippen LogP contribution in [-0.2, 0) is 0 Å². The van der Waals surface area contributed by atoms with Gasteiger partial charge in [0.2, 0.25) is 0 Å². The smallest absolute Gasteiger partial charge is 0.171 e. The van der Waals surface area contributed by atoms with E-state index in [2.05, 4.69) is 0 Å². The molecule has 1 aromatic carbocycles. The SMILES string of the molecule is Oc1ccc(-c2ccccc2)s1. The molecule has 1 nitrogen and oxygen atoms in total. The van der Waals surface area contributed by atoms with Crippen LogP contribution >= 0.6 is 11.3 Å². The second kappa shape index (κ2) is 2.99. The third kappa shape index (κ3) is 1.34. The van der Waals surface area contributed by atoms with Crippen molar-refractivity contribution < 1.29 is 5.11 Å². The first-order valence-corrected chi connectivity index (χ1v) is 4.52. The van der Waals surface area contributed by atoms with Gasteiger partial charge in [-0.3, -0.25) is 0 Å². The Balaban J connectivity index is 2.45. The highest BCUT2D eigenvalue weighted by Gasteiger charge is 1.99. The van der Waals surface area contributed by atoms with E-state index in [0.29, 0.717) is 5.06 Å². The summed E-state index contributed by atoms with van der Waals surface area (Å²) >= 11 is 1.40. The van der Waals surface area contributed by atoms with Gasteiger partial charge < -0.3 is 5.11 Å². The minimum absolute atomic E-state index is 0.369. The average molecular weight is 176 g/mol. The summed E-state index contributed by atoms with van der Waals surface area (Å²) in [6, 6.07) is 13.7. The molecule has 2 aromatic rings. The molecule has 60 valence electrons. The van der Waals surface area contributed by atoms with E-state index in [9.17, 15) is 0 Å². The van der Waals surface area contributed by atoms with E-state index in [1.807, 2.05) is 36.4 Å². The van der Waals surface area contributed by atoms with E-state index in [1.165, 1.54) is 11.3 Å².